The standard InChI is InChI=1S/C18H19F3N2O/c1-11-5-4-6-16(13(11)3)23-17(24)10-22-14-8-7-12(2)15(9-14)18(19,20)21/h4-9,22H,10H2,1-3H3,(H,23,24). The fraction of sp³-hybridized carbons (Fsp3) is 0.278. The van der Waals surface area contributed by atoms with E-state index in [1.807, 2.05) is 26.0 Å². The minimum Gasteiger partial charge on any atom is -0.376 e. The van der Waals surface area contributed by atoms with Crippen LogP contribution < -0.4 is 10.6 Å². The van der Waals surface area contributed by atoms with E-state index in [9.17, 15) is 18.0 Å². The molecule has 0 aromatic heterocycles. The smallest absolute Gasteiger partial charge is 0.376 e. The Morgan fingerprint density at radius 1 is 1.04 bits per heavy atom. The summed E-state index contributed by atoms with van der Waals surface area (Å²) in [5.74, 6) is -0.321. The number of anilines is 2. The third-order valence-corrected chi connectivity index (χ3v) is 3.87. The number of alkyl halides is 3. The molecule has 0 aliphatic rings. The summed E-state index contributed by atoms with van der Waals surface area (Å²) in [4.78, 5) is 12.0. The van der Waals surface area contributed by atoms with Gasteiger partial charge in [-0.25, -0.2) is 0 Å². The van der Waals surface area contributed by atoms with E-state index in [1.165, 1.54) is 19.1 Å². The lowest BCUT2D eigenvalue weighted by Gasteiger charge is -2.14. The summed E-state index contributed by atoms with van der Waals surface area (Å²) in [6, 6.07) is 9.48. The van der Waals surface area contributed by atoms with E-state index < -0.39 is 11.7 Å². The van der Waals surface area contributed by atoms with Crippen LogP contribution in [0.2, 0.25) is 0 Å². The molecule has 2 aromatic carbocycles. The van der Waals surface area contributed by atoms with Gasteiger partial charge in [0.1, 0.15) is 0 Å². The third-order valence-electron chi connectivity index (χ3n) is 3.87. The zero-order chi connectivity index (χ0) is 17.9. The molecule has 0 spiro atoms. The molecule has 6 heteroatoms. The zero-order valence-electron chi connectivity index (χ0n) is 13.7. The Kier molecular flexibility index (Phi) is 5.17. The van der Waals surface area contributed by atoms with E-state index in [-0.39, 0.29) is 23.7 Å². The molecule has 24 heavy (non-hydrogen) atoms. The molecule has 2 rings (SSSR count). The van der Waals surface area contributed by atoms with Crippen molar-refractivity contribution in [3.63, 3.8) is 0 Å². The van der Waals surface area contributed by atoms with Crippen LogP contribution in [0.25, 0.3) is 0 Å². The molecule has 0 heterocycles. The van der Waals surface area contributed by atoms with Crippen LogP contribution in [-0.2, 0) is 11.0 Å². The maximum absolute atomic E-state index is 12.9. The first kappa shape index (κ1) is 17.8. The molecule has 128 valence electrons. The van der Waals surface area contributed by atoms with Gasteiger partial charge in [0.15, 0.2) is 0 Å². The first-order chi connectivity index (χ1) is 11.2. The molecule has 2 aromatic rings. The van der Waals surface area contributed by atoms with Crippen LogP contribution in [0.5, 0.6) is 0 Å². The molecule has 0 aliphatic heterocycles. The molecule has 0 radical (unpaired) electrons. The number of halogens is 3. The van der Waals surface area contributed by atoms with Gasteiger partial charge in [0.25, 0.3) is 0 Å². The monoisotopic (exact) mass is 336 g/mol. The Balaban J connectivity index is 2.03. The average Bonchev–Trinajstić information content (AvgIpc) is 2.50. The number of hydrogen-bond donors (Lipinski definition) is 2. The van der Waals surface area contributed by atoms with Gasteiger partial charge in [-0.05, 0) is 55.7 Å². The largest absolute Gasteiger partial charge is 0.416 e. The fourth-order valence-corrected chi connectivity index (χ4v) is 2.30. The van der Waals surface area contributed by atoms with Gasteiger partial charge in [0.05, 0.1) is 12.1 Å². The predicted molar refractivity (Wildman–Crippen MR) is 89.2 cm³/mol. The summed E-state index contributed by atoms with van der Waals surface area (Å²) in [7, 11) is 0. The van der Waals surface area contributed by atoms with Crippen molar-refractivity contribution in [1.29, 1.82) is 0 Å². The number of rotatable bonds is 4. The molecule has 3 nitrogen and oxygen atoms in total. The fourth-order valence-electron chi connectivity index (χ4n) is 2.30. The Hall–Kier alpha value is -2.50. The molecular formula is C18H19F3N2O. The first-order valence-electron chi connectivity index (χ1n) is 7.46. The number of carbonyl (C=O) groups is 1. The Bertz CT molecular complexity index is 754. The lowest BCUT2D eigenvalue weighted by Crippen LogP contribution is -2.22. The summed E-state index contributed by atoms with van der Waals surface area (Å²) >= 11 is 0. The summed E-state index contributed by atoms with van der Waals surface area (Å²) in [5, 5.41) is 5.48. The van der Waals surface area contributed by atoms with Crippen molar-refractivity contribution in [2.45, 2.75) is 26.9 Å². The summed E-state index contributed by atoms with van der Waals surface area (Å²) in [6.45, 7) is 5.12. The first-order valence-corrected chi connectivity index (χ1v) is 7.46. The molecule has 0 unspecified atom stereocenters. The molecule has 0 saturated heterocycles. The minimum absolute atomic E-state index is 0.117. The Morgan fingerprint density at radius 3 is 2.42 bits per heavy atom. The second-order valence-corrected chi connectivity index (χ2v) is 5.68. The highest BCUT2D eigenvalue weighted by molar-refractivity contribution is 5.94. The van der Waals surface area contributed by atoms with Gasteiger partial charge < -0.3 is 10.6 Å². The van der Waals surface area contributed by atoms with E-state index in [0.29, 0.717) is 5.69 Å². The maximum Gasteiger partial charge on any atom is 0.416 e. The van der Waals surface area contributed by atoms with Crippen molar-refractivity contribution >= 4 is 17.3 Å². The lowest BCUT2D eigenvalue weighted by molar-refractivity contribution is -0.138. The average molecular weight is 336 g/mol. The highest BCUT2D eigenvalue weighted by atomic mass is 19.4. The van der Waals surface area contributed by atoms with Crippen LogP contribution in [0.1, 0.15) is 22.3 Å². The van der Waals surface area contributed by atoms with Crippen LogP contribution in [0.15, 0.2) is 36.4 Å². The number of hydrogen-bond acceptors (Lipinski definition) is 2. The molecule has 1 amide bonds. The van der Waals surface area contributed by atoms with Crippen LogP contribution in [0.4, 0.5) is 24.5 Å². The molecule has 0 bridgehead atoms. The van der Waals surface area contributed by atoms with Crippen LogP contribution >= 0.6 is 0 Å². The quantitative estimate of drug-likeness (QED) is 0.851. The number of aryl methyl sites for hydroxylation is 2. The molecule has 0 saturated carbocycles. The second-order valence-electron chi connectivity index (χ2n) is 5.68. The van der Waals surface area contributed by atoms with Crippen molar-refractivity contribution in [2.24, 2.45) is 0 Å². The second kappa shape index (κ2) is 6.95. The van der Waals surface area contributed by atoms with E-state index in [1.54, 1.807) is 6.07 Å². The molecular weight excluding hydrogens is 317 g/mol. The number of benzene rings is 2. The van der Waals surface area contributed by atoms with Gasteiger partial charge in [0, 0.05) is 11.4 Å². The highest BCUT2D eigenvalue weighted by Gasteiger charge is 2.32. The van der Waals surface area contributed by atoms with Gasteiger partial charge in [-0.1, -0.05) is 18.2 Å². The van der Waals surface area contributed by atoms with Gasteiger partial charge >= 0.3 is 6.18 Å². The Labute approximate surface area is 138 Å². The van der Waals surface area contributed by atoms with Crippen molar-refractivity contribution in [2.75, 3.05) is 17.2 Å². The maximum atomic E-state index is 12.9. The van der Waals surface area contributed by atoms with Crippen molar-refractivity contribution in [3.8, 4) is 0 Å². The number of carbonyl (C=O) groups excluding carboxylic acids is 1. The number of amides is 1. The van der Waals surface area contributed by atoms with Crippen molar-refractivity contribution in [1.82, 2.24) is 0 Å². The minimum atomic E-state index is -4.41. The van der Waals surface area contributed by atoms with E-state index in [2.05, 4.69) is 10.6 Å². The molecule has 0 atom stereocenters. The van der Waals surface area contributed by atoms with E-state index in [0.717, 1.165) is 17.2 Å². The van der Waals surface area contributed by atoms with E-state index >= 15 is 0 Å². The highest BCUT2D eigenvalue weighted by Crippen LogP contribution is 2.33. The van der Waals surface area contributed by atoms with Crippen LogP contribution in [0, 0.1) is 20.8 Å². The van der Waals surface area contributed by atoms with Gasteiger partial charge in [-0.2, -0.15) is 13.2 Å². The van der Waals surface area contributed by atoms with E-state index in [4.69, 9.17) is 0 Å². The summed E-state index contributed by atoms with van der Waals surface area (Å²) in [5.41, 5.74) is 2.40. The summed E-state index contributed by atoms with van der Waals surface area (Å²) < 4.78 is 38.7. The third kappa shape index (κ3) is 4.28. The number of nitrogens with one attached hydrogen (secondary N) is 2. The molecule has 0 fully saturated rings. The predicted octanol–water partition coefficient (Wildman–Crippen LogP) is 4.68. The van der Waals surface area contributed by atoms with Gasteiger partial charge in [0.2, 0.25) is 5.91 Å². The SMILES string of the molecule is Cc1ccc(NCC(=O)Nc2cccc(C)c2C)cc1C(F)(F)F. The lowest BCUT2D eigenvalue weighted by atomic mass is 10.1. The van der Waals surface area contributed by atoms with Crippen molar-refractivity contribution in [3.05, 3.63) is 58.7 Å². The Morgan fingerprint density at radius 2 is 1.75 bits per heavy atom. The van der Waals surface area contributed by atoms with Crippen LogP contribution in [0.3, 0.4) is 0 Å². The molecule has 0 aliphatic carbocycles. The summed E-state index contributed by atoms with van der Waals surface area (Å²) in [6.07, 6.45) is -4.41. The normalized spacial score (nSPS) is 11.2. The van der Waals surface area contributed by atoms with Gasteiger partial charge in [-0.15, -0.1) is 0 Å². The topological polar surface area (TPSA) is 41.1 Å². The van der Waals surface area contributed by atoms with Crippen molar-refractivity contribution < 1.29 is 18.0 Å². The van der Waals surface area contributed by atoms with Gasteiger partial charge in [-0.3, -0.25) is 4.79 Å². The zero-order valence-corrected chi connectivity index (χ0v) is 13.7. The molecule has 2 N–H and O–H groups in total. The van der Waals surface area contributed by atoms with Crippen LogP contribution in [-0.4, -0.2) is 12.5 Å².